The van der Waals surface area contributed by atoms with Crippen molar-refractivity contribution in [3.63, 3.8) is 0 Å². The molecule has 2 atom stereocenters. The summed E-state index contributed by atoms with van der Waals surface area (Å²) >= 11 is 0. The van der Waals surface area contributed by atoms with Gasteiger partial charge in [0.1, 0.15) is 0 Å². The second-order valence-corrected chi connectivity index (χ2v) is 5.66. The molecule has 0 saturated carbocycles. The Hall–Kier alpha value is -1.22. The first-order chi connectivity index (χ1) is 10.4. The molecule has 0 N–H and O–H groups in total. The highest BCUT2D eigenvalue weighted by molar-refractivity contribution is 5.81. The van der Waals surface area contributed by atoms with Gasteiger partial charge in [-0.3, -0.25) is 0 Å². The van der Waals surface area contributed by atoms with Crippen LogP contribution in [0.15, 0.2) is 12.7 Å². The van der Waals surface area contributed by atoms with Crippen molar-refractivity contribution in [2.24, 2.45) is 5.92 Å². The Morgan fingerprint density at radius 1 is 1.39 bits per heavy atom. The van der Waals surface area contributed by atoms with Gasteiger partial charge in [-0.05, 0) is 12.3 Å². The third-order valence-corrected chi connectivity index (χ3v) is 3.52. The van der Waals surface area contributed by atoms with E-state index < -0.39 is 55.0 Å². The van der Waals surface area contributed by atoms with Crippen LogP contribution in [0, 0.1) is 5.92 Å². The normalized spacial score (nSPS) is 30.5. The van der Waals surface area contributed by atoms with Gasteiger partial charge < -0.3 is 14.2 Å². The standard InChI is InChI=1S/C14H19F5O4/c1-5-10(20)23-11(6-2)8-22-13(12(11,15)16,14(17,18)19)21-7-9(3)4/h5,9H,1,6-8H2,2-4H3. The van der Waals surface area contributed by atoms with E-state index in [-0.39, 0.29) is 0 Å². The van der Waals surface area contributed by atoms with Crippen LogP contribution in [0.1, 0.15) is 27.2 Å². The minimum atomic E-state index is -5.52. The van der Waals surface area contributed by atoms with Crippen molar-refractivity contribution < 1.29 is 41.0 Å². The van der Waals surface area contributed by atoms with Crippen molar-refractivity contribution in [2.75, 3.05) is 13.2 Å². The summed E-state index contributed by atoms with van der Waals surface area (Å²) in [7, 11) is 0. The molecular weight excluding hydrogens is 327 g/mol. The third kappa shape index (κ3) is 3.08. The lowest BCUT2D eigenvalue weighted by atomic mass is 9.89. The van der Waals surface area contributed by atoms with E-state index in [1.54, 1.807) is 0 Å². The van der Waals surface area contributed by atoms with Crippen molar-refractivity contribution in [3.8, 4) is 0 Å². The summed E-state index contributed by atoms with van der Waals surface area (Å²) in [6.07, 6.45) is -5.53. The fourth-order valence-corrected chi connectivity index (χ4v) is 2.18. The summed E-state index contributed by atoms with van der Waals surface area (Å²) in [5, 5.41) is 0. The Labute approximate surface area is 130 Å². The lowest BCUT2D eigenvalue weighted by molar-refractivity contribution is -0.424. The van der Waals surface area contributed by atoms with E-state index in [4.69, 9.17) is 0 Å². The zero-order valence-electron chi connectivity index (χ0n) is 13.0. The van der Waals surface area contributed by atoms with Crippen molar-refractivity contribution in [3.05, 3.63) is 12.7 Å². The van der Waals surface area contributed by atoms with Crippen LogP contribution in [-0.4, -0.2) is 42.7 Å². The molecule has 0 bridgehead atoms. The quantitative estimate of drug-likeness (QED) is 0.420. The highest BCUT2D eigenvalue weighted by atomic mass is 19.4. The second-order valence-electron chi connectivity index (χ2n) is 5.66. The van der Waals surface area contributed by atoms with Gasteiger partial charge in [0.25, 0.3) is 0 Å². The number of halogens is 5. The first-order valence-electron chi connectivity index (χ1n) is 6.97. The molecule has 1 heterocycles. The van der Waals surface area contributed by atoms with Crippen LogP contribution in [0.25, 0.3) is 0 Å². The third-order valence-electron chi connectivity index (χ3n) is 3.52. The number of carbonyl (C=O) groups excluding carboxylic acids is 1. The molecule has 1 fully saturated rings. The predicted octanol–water partition coefficient (Wildman–Crippen LogP) is 3.46. The number of hydrogen-bond donors (Lipinski definition) is 0. The largest absolute Gasteiger partial charge is 0.450 e. The summed E-state index contributed by atoms with van der Waals surface area (Å²) in [6, 6.07) is 0. The van der Waals surface area contributed by atoms with Gasteiger partial charge >= 0.3 is 23.9 Å². The molecule has 0 spiro atoms. The van der Waals surface area contributed by atoms with Crippen molar-refractivity contribution in [1.82, 2.24) is 0 Å². The molecule has 0 aromatic carbocycles. The average Bonchev–Trinajstić information content (AvgIpc) is 2.65. The molecule has 134 valence electrons. The summed E-state index contributed by atoms with van der Waals surface area (Å²) in [5.74, 6) is -10.5. The zero-order valence-corrected chi connectivity index (χ0v) is 13.0. The molecule has 4 nitrogen and oxygen atoms in total. The fraction of sp³-hybridized carbons (Fsp3) is 0.786. The minimum absolute atomic E-state index is 0.444. The number of alkyl halides is 5. The van der Waals surface area contributed by atoms with Gasteiger partial charge in [0, 0.05) is 6.08 Å². The molecule has 0 aromatic rings. The summed E-state index contributed by atoms with van der Waals surface area (Å²) in [4.78, 5) is 11.3. The van der Waals surface area contributed by atoms with Gasteiger partial charge in [-0.2, -0.15) is 22.0 Å². The molecule has 9 heteroatoms. The van der Waals surface area contributed by atoms with E-state index in [1.165, 1.54) is 20.8 Å². The monoisotopic (exact) mass is 346 g/mol. The van der Waals surface area contributed by atoms with Gasteiger partial charge in [0.15, 0.2) is 0 Å². The smallest absolute Gasteiger partial charge is 0.447 e. The Kier molecular flexibility index (Phi) is 5.47. The van der Waals surface area contributed by atoms with E-state index in [1.807, 2.05) is 0 Å². The molecule has 1 saturated heterocycles. The summed E-state index contributed by atoms with van der Waals surface area (Å²) in [6.45, 7) is 5.47. The lowest BCUT2D eigenvalue weighted by Gasteiger charge is -2.39. The lowest BCUT2D eigenvalue weighted by Crippen LogP contribution is -2.65. The van der Waals surface area contributed by atoms with Crippen LogP contribution < -0.4 is 0 Å². The van der Waals surface area contributed by atoms with Gasteiger partial charge in [0.2, 0.25) is 5.60 Å². The van der Waals surface area contributed by atoms with Gasteiger partial charge in [-0.1, -0.05) is 27.4 Å². The Balaban J connectivity index is 3.34. The maximum Gasteiger partial charge on any atom is 0.450 e. The van der Waals surface area contributed by atoms with E-state index in [9.17, 15) is 26.7 Å². The topological polar surface area (TPSA) is 44.8 Å². The molecule has 0 radical (unpaired) electrons. The highest BCUT2D eigenvalue weighted by Gasteiger charge is 2.84. The number of rotatable bonds is 6. The van der Waals surface area contributed by atoms with E-state index in [2.05, 4.69) is 20.8 Å². The van der Waals surface area contributed by atoms with Crippen LogP contribution in [-0.2, 0) is 19.0 Å². The van der Waals surface area contributed by atoms with E-state index in [0.29, 0.717) is 6.08 Å². The van der Waals surface area contributed by atoms with E-state index in [0.717, 1.165) is 0 Å². The minimum Gasteiger partial charge on any atom is -0.447 e. The molecular formula is C14H19F5O4. The van der Waals surface area contributed by atoms with Crippen LogP contribution >= 0.6 is 0 Å². The molecule has 23 heavy (non-hydrogen) atoms. The van der Waals surface area contributed by atoms with Gasteiger partial charge in [0.05, 0.1) is 13.2 Å². The van der Waals surface area contributed by atoms with Gasteiger partial charge in [-0.15, -0.1) is 0 Å². The van der Waals surface area contributed by atoms with Crippen molar-refractivity contribution in [1.29, 1.82) is 0 Å². The summed E-state index contributed by atoms with van der Waals surface area (Å²) in [5.41, 5.74) is -2.79. The maximum atomic E-state index is 14.7. The predicted molar refractivity (Wildman–Crippen MR) is 69.8 cm³/mol. The molecule has 1 aliphatic rings. The molecule has 2 unspecified atom stereocenters. The second kappa shape index (κ2) is 6.35. The fourth-order valence-electron chi connectivity index (χ4n) is 2.18. The molecule has 0 amide bonds. The van der Waals surface area contributed by atoms with Crippen molar-refractivity contribution in [2.45, 2.75) is 50.7 Å². The molecule has 0 aromatic heterocycles. The van der Waals surface area contributed by atoms with Crippen LogP contribution in [0.2, 0.25) is 0 Å². The number of ether oxygens (including phenoxy) is 3. The zero-order chi connectivity index (χ0) is 18.1. The number of esters is 1. The number of carbonyl (C=O) groups is 1. The molecule has 1 aliphatic heterocycles. The van der Waals surface area contributed by atoms with Crippen LogP contribution in [0.3, 0.4) is 0 Å². The SMILES string of the molecule is C=CC(=O)OC1(CC)COC(OCC(C)C)(C(F)(F)F)C1(F)F. The molecule has 0 aliphatic carbocycles. The van der Waals surface area contributed by atoms with Gasteiger partial charge in [-0.25, -0.2) is 4.79 Å². The Morgan fingerprint density at radius 2 is 1.96 bits per heavy atom. The maximum absolute atomic E-state index is 14.7. The van der Waals surface area contributed by atoms with Crippen LogP contribution in [0.5, 0.6) is 0 Å². The Bertz CT molecular complexity index is 463. The molecule has 1 rings (SSSR count). The Morgan fingerprint density at radius 3 is 2.35 bits per heavy atom. The van der Waals surface area contributed by atoms with Crippen LogP contribution in [0.4, 0.5) is 22.0 Å². The first-order valence-corrected chi connectivity index (χ1v) is 6.97. The number of hydrogen-bond acceptors (Lipinski definition) is 4. The highest BCUT2D eigenvalue weighted by Crippen LogP contribution is 2.57. The first kappa shape index (κ1) is 19.8. The summed E-state index contributed by atoms with van der Waals surface area (Å²) < 4.78 is 83.1. The van der Waals surface area contributed by atoms with Crippen molar-refractivity contribution >= 4 is 5.97 Å². The average molecular weight is 346 g/mol. The van der Waals surface area contributed by atoms with E-state index >= 15 is 0 Å².